The SMILES string of the molecule is [Cl-].[Cl-].[Cl-].[Yb]. The molecule has 0 radical (unpaired) electrons. The first-order valence-electron chi connectivity index (χ1n) is 0. The van der Waals surface area contributed by atoms with E-state index in [1.165, 1.54) is 0 Å². The van der Waals surface area contributed by atoms with Crippen molar-refractivity contribution in [3.05, 3.63) is 0 Å². The third-order valence-corrected chi connectivity index (χ3v) is 0. The van der Waals surface area contributed by atoms with E-state index >= 15 is 0 Å². The molecule has 0 aliphatic carbocycles. The molecule has 4 heteroatoms. The van der Waals surface area contributed by atoms with E-state index < -0.39 is 0 Å². The third kappa shape index (κ3) is 8.83. The topological polar surface area (TPSA) is 0 Å². The normalized spacial score (nSPS) is 0. The maximum Gasteiger partial charge on any atom is 0 e. The van der Waals surface area contributed by atoms with E-state index in [0.717, 1.165) is 0 Å². The van der Waals surface area contributed by atoms with E-state index in [1.54, 1.807) is 0 Å². The Morgan fingerprint density at radius 3 is 0.500 bits per heavy atom. The van der Waals surface area contributed by atoms with Gasteiger partial charge in [-0.3, -0.25) is 0 Å². The predicted octanol–water partition coefficient (Wildman–Crippen LogP) is -8.99. The molecule has 0 nitrogen and oxygen atoms in total. The molecule has 0 aliphatic heterocycles. The van der Waals surface area contributed by atoms with Gasteiger partial charge in [0, 0.05) is 46.9 Å². The average molecular weight is 279 g/mol. The van der Waals surface area contributed by atoms with Gasteiger partial charge in [0.1, 0.15) is 0 Å². The Hall–Kier alpha value is 2.39. The zero-order valence-corrected chi connectivity index (χ0v) is 5.38. The smallest absolute Gasteiger partial charge is 0 e. The molecule has 0 fully saturated rings. The van der Waals surface area contributed by atoms with Crippen LogP contribution in [0.25, 0.3) is 0 Å². The molecule has 0 amide bonds. The first-order chi connectivity index (χ1) is 0. The van der Waals surface area contributed by atoms with Crippen molar-refractivity contribution in [1.29, 1.82) is 0 Å². The molecular formula is Cl3Yb-3. The Kier molecular flexibility index (Phi) is 148. The molecule has 4 heavy (non-hydrogen) atoms. The van der Waals surface area contributed by atoms with Crippen molar-refractivity contribution in [1.82, 2.24) is 0 Å². The average Bonchev–Trinajstić information content (AvgIpc) is 0. The minimum atomic E-state index is 0. The van der Waals surface area contributed by atoms with Crippen molar-refractivity contribution in [2.24, 2.45) is 0 Å². The van der Waals surface area contributed by atoms with Gasteiger partial charge in [0.2, 0.25) is 0 Å². The number of hydrogen-bond acceptors (Lipinski definition) is 0. The Morgan fingerprint density at radius 1 is 0.500 bits per heavy atom. The molecule has 0 saturated carbocycles. The van der Waals surface area contributed by atoms with E-state index in [1.807, 2.05) is 0 Å². The van der Waals surface area contributed by atoms with Gasteiger partial charge in [-0.05, 0) is 0 Å². The maximum absolute atomic E-state index is 0. The fraction of sp³-hybridized carbons (Fsp3) is 0. The second-order valence-corrected chi connectivity index (χ2v) is 0. The molecule has 0 N–H and O–H groups in total. The third-order valence-electron chi connectivity index (χ3n) is 0. The van der Waals surface area contributed by atoms with Crippen molar-refractivity contribution in [3.8, 4) is 0 Å². The van der Waals surface area contributed by atoms with E-state index in [4.69, 9.17) is 0 Å². The van der Waals surface area contributed by atoms with Crippen LogP contribution in [-0.2, 0) is 0 Å². The maximum atomic E-state index is 0. The van der Waals surface area contributed by atoms with Gasteiger partial charge in [0.05, 0.1) is 0 Å². The summed E-state index contributed by atoms with van der Waals surface area (Å²) < 4.78 is 0. The van der Waals surface area contributed by atoms with Crippen LogP contribution in [0.3, 0.4) is 0 Å². The van der Waals surface area contributed by atoms with Gasteiger partial charge in [-0.25, -0.2) is 0 Å². The van der Waals surface area contributed by atoms with Gasteiger partial charge in [-0.1, -0.05) is 0 Å². The largest absolute Gasteiger partial charge is 1.00 e. The second-order valence-electron chi connectivity index (χ2n) is 0. The van der Waals surface area contributed by atoms with Crippen molar-refractivity contribution in [2.45, 2.75) is 0 Å². The van der Waals surface area contributed by atoms with Crippen LogP contribution in [0.2, 0.25) is 0 Å². The fourth-order valence-electron chi connectivity index (χ4n) is 0. The molecule has 0 unspecified atom stereocenters. The van der Waals surface area contributed by atoms with Crippen LogP contribution >= 0.6 is 0 Å². The summed E-state index contributed by atoms with van der Waals surface area (Å²) in [4.78, 5) is 0. The van der Waals surface area contributed by atoms with E-state index in [2.05, 4.69) is 0 Å². The van der Waals surface area contributed by atoms with Crippen LogP contribution in [0.5, 0.6) is 0 Å². The number of rotatable bonds is 0. The molecular weight excluding hydrogens is 279 g/mol. The minimum Gasteiger partial charge on any atom is -1.00 e. The van der Waals surface area contributed by atoms with Gasteiger partial charge < -0.3 is 37.2 Å². The van der Waals surface area contributed by atoms with Gasteiger partial charge in [0.25, 0.3) is 0 Å². The molecule has 38 valence electrons. The Labute approximate surface area is 82.6 Å². The number of hydrogen-bond donors (Lipinski definition) is 0. The molecule has 0 aromatic heterocycles. The predicted molar refractivity (Wildman–Crippen MR) is 0 cm³/mol. The molecule has 0 rings (SSSR count). The first-order valence-corrected chi connectivity index (χ1v) is 0. The molecule has 0 heterocycles. The van der Waals surface area contributed by atoms with Crippen LogP contribution in [0.15, 0.2) is 0 Å². The number of halogens is 3. The van der Waals surface area contributed by atoms with Gasteiger partial charge >= 0.3 is 0 Å². The van der Waals surface area contributed by atoms with E-state index in [9.17, 15) is 0 Å². The standard InChI is InChI=1S/3ClH.Yb/h3*1H;/p-3. The van der Waals surface area contributed by atoms with Crippen LogP contribution in [0.4, 0.5) is 0 Å². The summed E-state index contributed by atoms with van der Waals surface area (Å²) in [6.45, 7) is 0. The molecule has 0 bridgehead atoms. The van der Waals surface area contributed by atoms with Gasteiger partial charge in [0.15, 0.2) is 0 Å². The second kappa shape index (κ2) is 18.2. The van der Waals surface area contributed by atoms with Crippen molar-refractivity contribution in [3.63, 3.8) is 0 Å². The van der Waals surface area contributed by atoms with Crippen LogP contribution in [0, 0.1) is 46.9 Å². The summed E-state index contributed by atoms with van der Waals surface area (Å²) in [5, 5.41) is 0. The first kappa shape index (κ1) is 32.5. The zero-order chi connectivity index (χ0) is 0. The Morgan fingerprint density at radius 2 is 0.500 bits per heavy atom. The summed E-state index contributed by atoms with van der Waals surface area (Å²) >= 11 is 0. The Balaban J connectivity index is 0. The minimum absolute atomic E-state index is 0. The van der Waals surface area contributed by atoms with Crippen molar-refractivity contribution >= 4 is 0 Å². The molecule has 0 aromatic rings. The van der Waals surface area contributed by atoms with Gasteiger partial charge in [-0.2, -0.15) is 0 Å². The van der Waals surface area contributed by atoms with Gasteiger partial charge in [-0.15, -0.1) is 0 Å². The quantitative estimate of drug-likeness (QED) is 0.413. The summed E-state index contributed by atoms with van der Waals surface area (Å²) in [5.74, 6) is 0. The van der Waals surface area contributed by atoms with E-state index in [0.29, 0.717) is 0 Å². The van der Waals surface area contributed by atoms with Crippen molar-refractivity contribution in [2.75, 3.05) is 0 Å². The molecule has 0 spiro atoms. The summed E-state index contributed by atoms with van der Waals surface area (Å²) in [7, 11) is 0. The monoisotopic (exact) mass is 279 g/mol. The fourth-order valence-corrected chi connectivity index (χ4v) is 0. The van der Waals surface area contributed by atoms with Crippen LogP contribution in [-0.4, -0.2) is 0 Å². The molecule has 0 aliphatic rings. The van der Waals surface area contributed by atoms with Crippen LogP contribution in [0.1, 0.15) is 0 Å². The Bertz CT molecular complexity index is 3.25. The van der Waals surface area contributed by atoms with E-state index in [-0.39, 0.29) is 84.1 Å². The summed E-state index contributed by atoms with van der Waals surface area (Å²) in [6.07, 6.45) is 0. The van der Waals surface area contributed by atoms with Crippen LogP contribution < -0.4 is 37.2 Å². The molecule has 0 atom stereocenters. The summed E-state index contributed by atoms with van der Waals surface area (Å²) in [5.41, 5.74) is 0. The molecule has 0 aromatic carbocycles. The molecule has 0 saturated heterocycles. The van der Waals surface area contributed by atoms with Crippen molar-refractivity contribution < 1.29 is 84.1 Å². The summed E-state index contributed by atoms with van der Waals surface area (Å²) in [6, 6.07) is 0. The zero-order valence-electron chi connectivity index (χ0n) is 1.40.